The Morgan fingerprint density at radius 3 is 2.25 bits per heavy atom. The summed E-state index contributed by atoms with van der Waals surface area (Å²) in [5.74, 6) is 2.55. The minimum absolute atomic E-state index is 0.318. The van der Waals surface area contributed by atoms with Crippen molar-refractivity contribution in [2.24, 2.45) is 0 Å². The lowest BCUT2D eigenvalue weighted by molar-refractivity contribution is 0.184. The number of hydrogen-bond acceptors (Lipinski definition) is 1. The van der Waals surface area contributed by atoms with Gasteiger partial charge in [0.2, 0.25) is 0 Å². The molecule has 0 amide bonds. The Labute approximate surface area is 53.4 Å². The van der Waals surface area contributed by atoms with Gasteiger partial charge in [0.1, 0.15) is 5.60 Å². The summed E-state index contributed by atoms with van der Waals surface area (Å²) in [7, 11) is -0.344. The van der Waals surface area contributed by atoms with Gasteiger partial charge in [-0.3, -0.25) is 0 Å². The van der Waals surface area contributed by atoms with E-state index in [-0.39, 0.29) is 15.4 Å². The molecule has 8 heavy (non-hydrogen) atoms. The topological polar surface area (TPSA) is 9.23 Å². The van der Waals surface area contributed by atoms with Crippen molar-refractivity contribution in [3.8, 4) is 12.3 Å². The van der Waals surface area contributed by atoms with E-state index in [1.807, 2.05) is 13.8 Å². The summed E-state index contributed by atoms with van der Waals surface area (Å²) in [5.41, 5.74) is -0.318. The molecule has 0 aliphatic carbocycles. The SMILES string of the molecule is C#CC(C)(C)O[SiH2]C. The molecule has 0 fully saturated rings. The van der Waals surface area contributed by atoms with Crippen LogP contribution in [-0.2, 0) is 4.43 Å². The van der Waals surface area contributed by atoms with Gasteiger partial charge in [-0.15, -0.1) is 6.42 Å². The van der Waals surface area contributed by atoms with Crippen molar-refractivity contribution >= 4 is 9.76 Å². The normalized spacial score (nSPS) is 12.2. The smallest absolute Gasteiger partial charge is 0.160 e. The molecule has 0 aliphatic rings. The summed E-state index contributed by atoms with van der Waals surface area (Å²) in [6, 6.07) is 0. The van der Waals surface area contributed by atoms with E-state index < -0.39 is 0 Å². The highest BCUT2D eigenvalue weighted by Gasteiger charge is 2.10. The molecular formula is C6H12OSi. The van der Waals surface area contributed by atoms with Crippen LogP contribution in [-0.4, -0.2) is 15.4 Å². The second kappa shape index (κ2) is 2.90. The zero-order valence-electron chi connectivity index (χ0n) is 5.69. The molecule has 0 N–H and O–H groups in total. The van der Waals surface area contributed by atoms with Crippen molar-refractivity contribution in [1.82, 2.24) is 0 Å². The Kier molecular flexibility index (Phi) is 2.81. The summed E-state index contributed by atoms with van der Waals surface area (Å²) >= 11 is 0. The van der Waals surface area contributed by atoms with E-state index in [0.717, 1.165) is 0 Å². The zero-order chi connectivity index (χ0) is 6.62. The first-order valence-electron chi connectivity index (χ1n) is 2.74. The van der Waals surface area contributed by atoms with Crippen LogP contribution in [0, 0.1) is 12.3 Å². The van der Waals surface area contributed by atoms with Crippen LogP contribution >= 0.6 is 0 Å². The monoisotopic (exact) mass is 128 g/mol. The van der Waals surface area contributed by atoms with Crippen molar-refractivity contribution in [3.63, 3.8) is 0 Å². The molecule has 0 saturated heterocycles. The van der Waals surface area contributed by atoms with Gasteiger partial charge < -0.3 is 4.43 Å². The fourth-order valence-corrected chi connectivity index (χ4v) is 1.21. The molecule has 46 valence electrons. The van der Waals surface area contributed by atoms with Crippen molar-refractivity contribution in [1.29, 1.82) is 0 Å². The van der Waals surface area contributed by atoms with Crippen molar-refractivity contribution in [2.75, 3.05) is 0 Å². The third-order valence-electron chi connectivity index (χ3n) is 0.853. The molecule has 0 radical (unpaired) electrons. The fraction of sp³-hybridized carbons (Fsp3) is 0.667. The molecule has 0 spiro atoms. The lowest BCUT2D eigenvalue weighted by atomic mass is 10.2. The molecule has 0 saturated carbocycles. The van der Waals surface area contributed by atoms with Gasteiger partial charge in [0.15, 0.2) is 9.76 Å². The third kappa shape index (κ3) is 2.84. The van der Waals surface area contributed by atoms with Gasteiger partial charge in [-0.1, -0.05) is 12.5 Å². The third-order valence-corrected chi connectivity index (χ3v) is 1.86. The van der Waals surface area contributed by atoms with Crippen molar-refractivity contribution in [3.05, 3.63) is 0 Å². The number of rotatable bonds is 2. The van der Waals surface area contributed by atoms with E-state index >= 15 is 0 Å². The van der Waals surface area contributed by atoms with Gasteiger partial charge in [-0.25, -0.2) is 0 Å². The highest BCUT2D eigenvalue weighted by Crippen LogP contribution is 2.03. The average Bonchev–Trinajstić information content (AvgIpc) is 1.67. The largest absolute Gasteiger partial charge is 0.409 e. The predicted molar refractivity (Wildman–Crippen MR) is 38.4 cm³/mol. The summed E-state index contributed by atoms with van der Waals surface area (Å²) in [6.07, 6.45) is 5.14. The van der Waals surface area contributed by atoms with E-state index in [1.54, 1.807) is 0 Å². The first-order valence-corrected chi connectivity index (χ1v) is 4.73. The van der Waals surface area contributed by atoms with Gasteiger partial charge >= 0.3 is 0 Å². The Morgan fingerprint density at radius 1 is 1.62 bits per heavy atom. The van der Waals surface area contributed by atoms with E-state index in [1.165, 1.54) is 0 Å². The standard InChI is InChI=1S/C6H12OSi/c1-5-6(2,3)7-8-4/h1H,8H2,2-4H3. The van der Waals surface area contributed by atoms with E-state index in [9.17, 15) is 0 Å². The lowest BCUT2D eigenvalue weighted by Gasteiger charge is -2.16. The molecule has 0 heterocycles. The first-order chi connectivity index (χ1) is 3.62. The van der Waals surface area contributed by atoms with Crippen LogP contribution in [0.3, 0.4) is 0 Å². The molecule has 0 rings (SSSR count). The van der Waals surface area contributed by atoms with Gasteiger partial charge in [0.05, 0.1) is 0 Å². The minimum Gasteiger partial charge on any atom is -0.409 e. The van der Waals surface area contributed by atoms with Crippen molar-refractivity contribution in [2.45, 2.75) is 26.0 Å². The Bertz CT molecular complexity index is 102. The summed E-state index contributed by atoms with van der Waals surface area (Å²) in [4.78, 5) is 0. The average molecular weight is 128 g/mol. The van der Waals surface area contributed by atoms with E-state index in [0.29, 0.717) is 0 Å². The fourth-order valence-electron chi connectivity index (χ4n) is 0.403. The molecule has 0 bridgehead atoms. The maximum atomic E-state index is 5.28. The minimum atomic E-state index is -0.344. The number of terminal acetylenes is 1. The van der Waals surface area contributed by atoms with Gasteiger partial charge in [-0.05, 0) is 13.8 Å². The molecular weight excluding hydrogens is 116 g/mol. The highest BCUT2D eigenvalue weighted by molar-refractivity contribution is 6.25. The Balaban J connectivity index is 3.59. The maximum absolute atomic E-state index is 5.28. The summed E-state index contributed by atoms with van der Waals surface area (Å²) < 4.78 is 5.28. The second-order valence-electron chi connectivity index (χ2n) is 2.09. The van der Waals surface area contributed by atoms with Crippen LogP contribution in [0.25, 0.3) is 0 Å². The number of hydrogen-bond donors (Lipinski definition) is 0. The quantitative estimate of drug-likeness (QED) is 0.390. The summed E-state index contributed by atoms with van der Waals surface area (Å²) in [5, 5.41) is 0. The van der Waals surface area contributed by atoms with E-state index in [4.69, 9.17) is 10.8 Å². The molecule has 0 aromatic rings. The van der Waals surface area contributed by atoms with Crippen LogP contribution in [0.1, 0.15) is 13.8 Å². The molecule has 0 aromatic carbocycles. The Hall–Kier alpha value is -0.263. The van der Waals surface area contributed by atoms with Crippen LogP contribution in [0.15, 0.2) is 0 Å². The van der Waals surface area contributed by atoms with Crippen molar-refractivity contribution < 1.29 is 4.43 Å². The predicted octanol–water partition coefficient (Wildman–Crippen LogP) is 0.547. The van der Waals surface area contributed by atoms with Gasteiger partial charge in [-0.2, -0.15) is 0 Å². The second-order valence-corrected chi connectivity index (χ2v) is 2.95. The Morgan fingerprint density at radius 2 is 2.12 bits per heavy atom. The molecule has 0 unspecified atom stereocenters. The maximum Gasteiger partial charge on any atom is 0.160 e. The first kappa shape index (κ1) is 7.74. The van der Waals surface area contributed by atoms with Crippen LogP contribution in [0.2, 0.25) is 6.55 Å². The van der Waals surface area contributed by atoms with Gasteiger partial charge in [0.25, 0.3) is 0 Å². The molecule has 1 nitrogen and oxygen atoms in total. The van der Waals surface area contributed by atoms with Gasteiger partial charge in [0, 0.05) is 0 Å². The molecule has 2 heteroatoms. The molecule has 0 aromatic heterocycles. The summed E-state index contributed by atoms with van der Waals surface area (Å²) in [6.45, 7) is 5.88. The molecule has 0 aliphatic heterocycles. The lowest BCUT2D eigenvalue weighted by Crippen LogP contribution is -2.22. The van der Waals surface area contributed by atoms with Crippen LogP contribution < -0.4 is 0 Å². The molecule has 0 atom stereocenters. The highest BCUT2D eigenvalue weighted by atomic mass is 28.2. The van der Waals surface area contributed by atoms with Crippen LogP contribution in [0.4, 0.5) is 0 Å². The van der Waals surface area contributed by atoms with E-state index in [2.05, 4.69) is 12.5 Å². The zero-order valence-corrected chi connectivity index (χ0v) is 7.11. The van der Waals surface area contributed by atoms with Crippen LogP contribution in [0.5, 0.6) is 0 Å².